The molecule has 0 saturated carbocycles. The maximum absolute atomic E-state index is 11.9. The standard InChI is InChI=1S/C16H18N2O3/c1-11-7-12(2)9-15(8-11)21-13(3)16(19)18-17-10-14-5-4-6-20-14/h4-10,13H,1-3H3,(H,18,19). The third kappa shape index (κ3) is 4.49. The van der Waals surface area contributed by atoms with E-state index in [9.17, 15) is 4.79 Å². The number of rotatable bonds is 5. The second-order valence-corrected chi connectivity index (χ2v) is 4.83. The number of carbonyl (C=O) groups excluding carboxylic acids is 1. The summed E-state index contributed by atoms with van der Waals surface area (Å²) >= 11 is 0. The molecule has 2 aromatic rings. The van der Waals surface area contributed by atoms with Crippen LogP contribution in [0.5, 0.6) is 5.75 Å². The summed E-state index contributed by atoms with van der Waals surface area (Å²) in [4.78, 5) is 11.9. The number of carbonyl (C=O) groups is 1. The molecule has 2 rings (SSSR count). The van der Waals surface area contributed by atoms with Crippen molar-refractivity contribution in [1.29, 1.82) is 0 Å². The minimum absolute atomic E-state index is 0.322. The quantitative estimate of drug-likeness (QED) is 0.679. The van der Waals surface area contributed by atoms with Crippen LogP contribution in [0.15, 0.2) is 46.1 Å². The number of hydrogen-bond donors (Lipinski definition) is 1. The molecule has 1 amide bonds. The molecule has 1 atom stereocenters. The Balaban J connectivity index is 1.90. The highest BCUT2D eigenvalue weighted by Gasteiger charge is 2.14. The molecule has 0 aliphatic rings. The van der Waals surface area contributed by atoms with E-state index < -0.39 is 6.10 Å². The molecule has 21 heavy (non-hydrogen) atoms. The van der Waals surface area contributed by atoms with Crippen LogP contribution in [0, 0.1) is 13.8 Å². The van der Waals surface area contributed by atoms with Gasteiger partial charge < -0.3 is 9.15 Å². The van der Waals surface area contributed by atoms with Crippen LogP contribution < -0.4 is 10.2 Å². The van der Waals surface area contributed by atoms with Gasteiger partial charge in [-0.2, -0.15) is 5.10 Å². The van der Waals surface area contributed by atoms with Gasteiger partial charge in [0.1, 0.15) is 11.5 Å². The van der Waals surface area contributed by atoms with Gasteiger partial charge in [-0.3, -0.25) is 4.79 Å². The molecule has 0 spiro atoms. The summed E-state index contributed by atoms with van der Waals surface area (Å²) in [5.41, 5.74) is 4.60. The summed E-state index contributed by atoms with van der Waals surface area (Å²) in [7, 11) is 0. The molecule has 0 fully saturated rings. The molecule has 5 heteroatoms. The molecular weight excluding hydrogens is 268 g/mol. The Morgan fingerprint density at radius 1 is 1.33 bits per heavy atom. The highest BCUT2D eigenvalue weighted by molar-refractivity contribution is 5.83. The second kappa shape index (κ2) is 6.74. The van der Waals surface area contributed by atoms with Crippen molar-refractivity contribution in [2.24, 2.45) is 5.10 Å². The van der Waals surface area contributed by atoms with E-state index in [-0.39, 0.29) is 5.91 Å². The molecule has 0 saturated heterocycles. The largest absolute Gasteiger partial charge is 0.481 e. The number of amides is 1. The fourth-order valence-corrected chi connectivity index (χ4v) is 1.87. The Bertz CT molecular complexity index is 613. The van der Waals surface area contributed by atoms with Crippen LogP contribution >= 0.6 is 0 Å². The van der Waals surface area contributed by atoms with E-state index in [1.807, 2.05) is 32.0 Å². The van der Waals surface area contributed by atoms with Gasteiger partial charge in [-0.1, -0.05) is 6.07 Å². The first-order valence-electron chi connectivity index (χ1n) is 6.66. The summed E-state index contributed by atoms with van der Waals surface area (Å²) in [6.07, 6.45) is 2.33. The monoisotopic (exact) mass is 286 g/mol. The molecule has 1 unspecified atom stereocenters. The number of ether oxygens (including phenoxy) is 1. The maximum Gasteiger partial charge on any atom is 0.280 e. The average Bonchev–Trinajstić information content (AvgIpc) is 2.90. The summed E-state index contributed by atoms with van der Waals surface area (Å²) in [6, 6.07) is 9.32. The number of aryl methyl sites for hydroxylation is 2. The van der Waals surface area contributed by atoms with Crippen molar-refractivity contribution in [1.82, 2.24) is 5.43 Å². The first-order chi connectivity index (χ1) is 10.0. The molecule has 5 nitrogen and oxygen atoms in total. The van der Waals surface area contributed by atoms with Gasteiger partial charge in [0, 0.05) is 0 Å². The Morgan fingerprint density at radius 3 is 2.67 bits per heavy atom. The molecular formula is C16H18N2O3. The number of hydrazone groups is 1. The fraction of sp³-hybridized carbons (Fsp3) is 0.250. The van der Waals surface area contributed by atoms with Crippen LogP contribution in [0.25, 0.3) is 0 Å². The van der Waals surface area contributed by atoms with Gasteiger partial charge in [-0.25, -0.2) is 5.43 Å². The van der Waals surface area contributed by atoms with Crippen LogP contribution in [-0.4, -0.2) is 18.2 Å². The van der Waals surface area contributed by atoms with Gasteiger partial charge in [0.05, 0.1) is 12.5 Å². The van der Waals surface area contributed by atoms with E-state index in [2.05, 4.69) is 10.5 Å². The lowest BCUT2D eigenvalue weighted by molar-refractivity contribution is -0.127. The Hall–Kier alpha value is -2.56. The Morgan fingerprint density at radius 2 is 2.05 bits per heavy atom. The van der Waals surface area contributed by atoms with Crippen LogP contribution in [-0.2, 0) is 4.79 Å². The number of nitrogens with one attached hydrogen (secondary N) is 1. The van der Waals surface area contributed by atoms with Crippen molar-refractivity contribution in [3.05, 3.63) is 53.5 Å². The van der Waals surface area contributed by atoms with Crippen LogP contribution in [0.3, 0.4) is 0 Å². The molecule has 1 aromatic heterocycles. The lowest BCUT2D eigenvalue weighted by Crippen LogP contribution is -2.33. The van der Waals surface area contributed by atoms with Crippen LogP contribution in [0.4, 0.5) is 0 Å². The first kappa shape index (κ1) is 14.8. The van der Waals surface area contributed by atoms with Gasteiger partial charge in [-0.15, -0.1) is 0 Å². The zero-order chi connectivity index (χ0) is 15.2. The lowest BCUT2D eigenvalue weighted by atomic mass is 10.1. The lowest BCUT2D eigenvalue weighted by Gasteiger charge is -2.14. The molecule has 0 aliphatic carbocycles. The first-order valence-corrected chi connectivity index (χ1v) is 6.66. The predicted octanol–water partition coefficient (Wildman–Crippen LogP) is 2.81. The fourth-order valence-electron chi connectivity index (χ4n) is 1.87. The highest BCUT2D eigenvalue weighted by atomic mass is 16.5. The molecule has 1 N–H and O–H groups in total. The molecule has 0 bridgehead atoms. The zero-order valence-electron chi connectivity index (χ0n) is 12.3. The molecule has 0 radical (unpaired) electrons. The maximum atomic E-state index is 11.9. The van der Waals surface area contributed by atoms with E-state index in [1.165, 1.54) is 12.5 Å². The van der Waals surface area contributed by atoms with Crippen molar-refractivity contribution >= 4 is 12.1 Å². The number of nitrogens with zero attached hydrogens (tertiary/aromatic N) is 1. The van der Waals surface area contributed by atoms with E-state index in [1.54, 1.807) is 19.1 Å². The van der Waals surface area contributed by atoms with E-state index in [0.29, 0.717) is 11.5 Å². The predicted molar refractivity (Wildman–Crippen MR) is 80.5 cm³/mol. The minimum Gasteiger partial charge on any atom is -0.481 e. The van der Waals surface area contributed by atoms with Crippen molar-refractivity contribution in [2.45, 2.75) is 26.9 Å². The van der Waals surface area contributed by atoms with Gasteiger partial charge in [0.15, 0.2) is 6.10 Å². The number of hydrogen-bond acceptors (Lipinski definition) is 4. The van der Waals surface area contributed by atoms with Gasteiger partial charge in [0.2, 0.25) is 0 Å². The third-order valence-corrected chi connectivity index (χ3v) is 2.79. The zero-order valence-corrected chi connectivity index (χ0v) is 12.3. The normalized spacial score (nSPS) is 12.3. The summed E-state index contributed by atoms with van der Waals surface area (Å²) in [6.45, 7) is 5.64. The van der Waals surface area contributed by atoms with Crippen LogP contribution in [0.1, 0.15) is 23.8 Å². The molecule has 1 aromatic carbocycles. The van der Waals surface area contributed by atoms with E-state index in [0.717, 1.165) is 11.1 Å². The number of benzene rings is 1. The summed E-state index contributed by atoms with van der Waals surface area (Å²) < 4.78 is 10.7. The van der Waals surface area contributed by atoms with Crippen molar-refractivity contribution in [3.63, 3.8) is 0 Å². The van der Waals surface area contributed by atoms with E-state index >= 15 is 0 Å². The summed E-state index contributed by atoms with van der Waals surface area (Å²) in [5, 5.41) is 3.81. The van der Waals surface area contributed by atoms with Crippen LogP contribution in [0.2, 0.25) is 0 Å². The Kier molecular flexibility index (Phi) is 4.77. The third-order valence-electron chi connectivity index (χ3n) is 2.79. The SMILES string of the molecule is Cc1cc(C)cc(OC(C)C(=O)NN=Cc2ccco2)c1. The van der Waals surface area contributed by atoms with Crippen molar-refractivity contribution in [3.8, 4) is 5.75 Å². The molecule has 1 heterocycles. The van der Waals surface area contributed by atoms with Crippen molar-refractivity contribution < 1.29 is 13.9 Å². The smallest absolute Gasteiger partial charge is 0.280 e. The Labute approximate surface area is 123 Å². The molecule has 0 aliphatic heterocycles. The second-order valence-electron chi connectivity index (χ2n) is 4.83. The number of furan rings is 1. The topological polar surface area (TPSA) is 63.8 Å². The molecule has 110 valence electrons. The minimum atomic E-state index is -0.639. The van der Waals surface area contributed by atoms with E-state index in [4.69, 9.17) is 9.15 Å². The summed E-state index contributed by atoms with van der Waals surface area (Å²) in [5.74, 6) is 0.917. The highest BCUT2D eigenvalue weighted by Crippen LogP contribution is 2.17. The van der Waals surface area contributed by atoms with Gasteiger partial charge >= 0.3 is 0 Å². The average molecular weight is 286 g/mol. The van der Waals surface area contributed by atoms with Crippen molar-refractivity contribution in [2.75, 3.05) is 0 Å². The van der Waals surface area contributed by atoms with Gasteiger partial charge in [-0.05, 0) is 56.2 Å². The van der Waals surface area contributed by atoms with Gasteiger partial charge in [0.25, 0.3) is 5.91 Å².